The summed E-state index contributed by atoms with van der Waals surface area (Å²) >= 11 is 0. The van der Waals surface area contributed by atoms with E-state index >= 15 is 0 Å². The maximum atomic E-state index is 9.40. The first-order valence-electron chi connectivity index (χ1n) is 7.65. The van der Waals surface area contributed by atoms with E-state index in [2.05, 4.69) is 41.8 Å². The number of piperazine rings is 1. The van der Waals surface area contributed by atoms with E-state index in [1.54, 1.807) is 0 Å². The van der Waals surface area contributed by atoms with Gasteiger partial charge in [0.1, 0.15) is 0 Å². The van der Waals surface area contributed by atoms with Crippen molar-refractivity contribution >= 4 is 0 Å². The Morgan fingerprint density at radius 1 is 1.15 bits per heavy atom. The van der Waals surface area contributed by atoms with Crippen molar-refractivity contribution in [2.45, 2.75) is 32.2 Å². The van der Waals surface area contributed by atoms with Gasteiger partial charge in [-0.2, -0.15) is 5.26 Å². The molecule has 1 heterocycles. The van der Waals surface area contributed by atoms with Crippen LogP contribution in [-0.2, 0) is 0 Å². The minimum atomic E-state index is -0.00801. The maximum Gasteiger partial charge on any atom is 0.0839 e. The van der Waals surface area contributed by atoms with Crippen molar-refractivity contribution in [3.05, 3.63) is 35.9 Å². The van der Waals surface area contributed by atoms with Crippen molar-refractivity contribution in [2.24, 2.45) is 0 Å². The molecule has 0 aliphatic carbocycles. The first-order chi connectivity index (χ1) is 9.74. The Labute approximate surface area is 122 Å². The van der Waals surface area contributed by atoms with Gasteiger partial charge in [-0.05, 0) is 18.9 Å². The molecule has 2 atom stereocenters. The second kappa shape index (κ2) is 7.42. The molecule has 3 heteroatoms. The van der Waals surface area contributed by atoms with E-state index in [1.807, 2.05) is 18.2 Å². The third-order valence-corrected chi connectivity index (χ3v) is 4.42. The van der Waals surface area contributed by atoms with Crippen LogP contribution in [0.4, 0.5) is 0 Å². The topological polar surface area (TPSA) is 30.3 Å². The van der Waals surface area contributed by atoms with E-state index in [0.29, 0.717) is 6.04 Å². The van der Waals surface area contributed by atoms with Gasteiger partial charge in [0.05, 0.1) is 12.0 Å². The molecule has 1 fully saturated rings. The first kappa shape index (κ1) is 15.0. The molecule has 20 heavy (non-hydrogen) atoms. The fourth-order valence-corrected chi connectivity index (χ4v) is 2.81. The van der Waals surface area contributed by atoms with Crippen molar-refractivity contribution in [1.82, 2.24) is 9.80 Å². The van der Waals surface area contributed by atoms with Gasteiger partial charge >= 0.3 is 0 Å². The minimum Gasteiger partial charge on any atom is -0.299 e. The summed E-state index contributed by atoms with van der Waals surface area (Å²) in [5.74, 6) is -0.00801. The van der Waals surface area contributed by atoms with Gasteiger partial charge in [0.25, 0.3) is 0 Å². The molecule has 1 saturated heterocycles. The number of rotatable bonds is 5. The van der Waals surface area contributed by atoms with Crippen molar-refractivity contribution in [3.8, 4) is 6.07 Å². The lowest BCUT2D eigenvalue weighted by atomic mass is 10.00. The number of nitrogens with zero attached hydrogens (tertiary/aromatic N) is 3. The van der Waals surface area contributed by atoms with E-state index in [4.69, 9.17) is 0 Å². The Kier molecular flexibility index (Phi) is 5.58. The van der Waals surface area contributed by atoms with Crippen molar-refractivity contribution < 1.29 is 0 Å². The molecule has 0 spiro atoms. The SMILES string of the molecule is CCC(C)N1CCN(CC(C#N)c2ccccc2)CC1. The Morgan fingerprint density at radius 3 is 2.35 bits per heavy atom. The molecule has 1 aliphatic rings. The lowest BCUT2D eigenvalue weighted by molar-refractivity contribution is 0.0994. The molecule has 2 rings (SSSR count). The van der Waals surface area contributed by atoms with Crippen molar-refractivity contribution in [1.29, 1.82) is 5.26 Å². The zero-order valence-electron chi connectivity index (χ0n) is 12.6. The Bertz CT molecular complexity index is 429. The van der Waals surface area contributed by atoms with E-state index < -0.39 is 0 Å². The molecule has 1 aromatic carbocycles. The molecule has 0 aromatic heterocycles. The molecule has 108 valence electrons. The second-order valence-corrected chi connectivity index (χ2v) is 5.69. The monoisotopic (exact) mass is 271 g/mol. The van der Waals surface area contributed by atoms with Gasteiger partial charge in [0, 0.05) is 38.8 Å². The second-order valence-electron chi connectivity index (χ2n) is 5.69. The van der Waals surface area contributed by atoms with Gasteiger partial charge in [-0.1, -0.05) is 37.3 Å². The molecule has 0 N–H and O–H groups in total. The van der Waals surface area contributed by atoms with Crippen LogP contribution in [0.25, 0.3) is 0 Å². The van der Waals surface area contributed by atoms with E-state index in [9.17, 15) is 5.26 Å². The Morgan fingerprint density at radius 2 is 1.80 bits per heavy atom. The van der Waals surface area contributed by atoms with Crippen LogP contribution in [-0.4, -0.2) is 48.6 Å². The van der Waals surface area contributed by atoms with Crippen LogP contribution in [0.1, 0.15) is 31.7 Å². The Balaban J connectivity index is 1.87. The predicted octanol–water partition coefficient (Wildman–Crippen LogP) is 2.71. The van der Waals surface area contributed by atoms with Crippen LogP contribution in [0.2, 0.25) is 0 Å². The smallest absolute Gasteiger partial charge is 0.0839 e. The summed E-state index contributed by atoms with van der Waals surface area (Å²) in [6.45, 7) is 9.82. The molecule has 2 unspecified atom stereocenters. The van der Waals surface area contributed by atoms with Crippen LogP contribution in [0, 0.1) is 11.3 Å². The van der Waals surface area contributed by atoms with Crippen LogP contribution in [0.15, 0.2) is 30.3 Å². The Hall–Kier alpha value is -1.37. The van der Waals surface area contributed by atoms with E-state index in [-0.39, 0.29) is 5.92 Å². The summed E-state index contributed by atoms with van der Waals surface area (Å²) < 4.78 is 0. The summed E-state index contributed by atoms with van der Waals surface area (Å²) in [7, 11) is 0. The lowest BCUT2D eigenvalue weighted by Gasteiger charge is -2.38. The average molecular weight is 271 g/mol. The highest BCUT2D eigenvalue weighted by atomic mass is 15.3. The molecule has 3 nitrogen and oxygen atoms in total. The van der Waals surface area contributed by atoms with Crippen LogP contribution in [0.5, 0.6) is 0 Å². The van der Waals surface area contributed by atoms with Crippen molar-refractivity contribution in [2.75, 3.05) is 32.7 Å². The molecule has 0 radical (unpaired) electrons. The quantitative estimate of drug-likeness (QED) is 0.825. The summed E-state index contributed by atoms with van der Waals surface area (Å²) in [6.07, 6.45) is 1.21. The van der Waals surface area contributed by atoms with Crippen molar-refractivity contribution in [3.63, 3.8) is 0 Å². The van der Waals surface area contributed by atoms with Gasteiger partial charge in [-0.25, -0.2) is 0 Å². The van der Waals surface area contributed by atoms with Crippen LogP contribution in [0.3, 0.4) is 0 Å². The van der Waals surface area contributed by atoms with Gasteiger partial charge in [0.2, 0.25) is 0 Å². The molecule has 0 bridgehead atoms. The number of hydrogen-bond acceptors (Lipinski definition) is 3. The largest absolute Gasteiger partial charge is 0.299 e. The van der Waals surface area contributed by atoms with E-state index in [0.717, 1.165) is 38.3 Å². The normalized spacial score (nSPS) is 20.2. The molecule has 1 aromatic rings. The zero-order chi connectivity index (χ0) is 14.4. The predicted molar refractivity (Wildman–Crippen MR) is 82.6 cm³/mol. The number of benzene rings is 1. The summed E-state index contributed by atoms with van der Waals surface area (Å²) in [6, 6.07) is 13.3. The average Bonchev–Trinajstić information content (AvgIpc) is 2.53. The summed E-state index contributed by atoms with van der Waals surface area (Å²) in [5.41, 5.74) is 1.14. The summed E-state index contributed by atoms with van der Waals surface area (Å²) in [4.78, 5) is 4.99. The standard InChI is InChI=1S/C17H25N3/c1-3-15(2)20-11-9-19(10-12-20)14-17(13-18)16-7-5-4-6-8-16/h4-8,15,17H,3,9-12,14H2,1-2H3. The third-order valence-electron chi connectivity index (χ3n) is 4.42. The molecule has 0 amide bonds. The number of nitriles is 1. The fraction of sp³-hybridized carbons (Fsp3) is 0.588. The van der Waals surface area contributed by atoms with Gasteiger partial charge in [0.15, 0.2) is 0 Å². The zero-order valence-corrected chi connectivity index (χ0v) is 12.6. The van der Waals surface area contributed by atoms with Gasteiger partial charge in [-0.15, -0.1) is 0 Å². The maximum absolute atomic E-state index is 9.40. The first-order valence-corrected chi connectivity index (χ1v) is 7.65. The highest BCUT2D eigenvalue weighted by Crippen LogP contribution is 2.17. The summed E-state index contributed by atoms with van der Waals surface area (Å²) in [5, 5.41) is 9.40. The highest BCUT2D eigenvalue weighted by Gasteiger charge is 2.22. The van der Waals surface area contributed by atoms with Crippen LogP contribution < -0.4 is 0 Å². The molecule has 0 saturated carbocycles. The molecule has 1 aliphatic heterocycles. The van der Waals surface area contributed by atoms with Gasteiger partial charge < -0.3 is 0 Å². The van der Waals surface area contributed by atoms with Crippen LogP contribution >= 0.6 is 0 Å². The van der Waals surface area contributed by atoms with E-state index in [1.165, 1.54) is 6.42 Å². The minimum absolute atomic E-state index is 0.00801. The third kappa shape index (κ3) is 3.82. The van der Waals surface area contributed by atoms with Gasteiger partial charge in [-0.3, -0.25) is 9.80 Å². The molecular weight excluding hydrogens is 246 g/mol. The lowest BCUT2D eigenvalue weighted by Crippen LogP contribution is -2.50. The fourth-order valence-electron chi connectivity index (χ4n) is 2.81. The molecular formula is C17H25N3. The number of hydrogen-bond donors (Lipinski definition) is 0. The highest BCUT2D eigenvalue weighted by molar-refractivity contribution is 5.25.